The van der Waals surface area contributed by atoms with Gasteiger partial charge in [-0.15, -0.1) is 0 Å². The maximum Gasteiger partial charge on any atom is 0.303 e. The lowest BCUT2D eigenvalue weighted by Gasteiger charge is -2.36. The smallest absolute Gasteiger partial charge is 0.303 e. The molecule has 0 aromatic heterocycles. The van der Waals surface area contributed by atoms with Gasteiger partial charge in [0.1, 0.15) is 0 Å². The molecule has 0 aromatic rings. The zero-order valence-electron chi connectivity index (χ0n) is 19.8. The molecule has 2 fully saturated rings. The van der Waals surface area contributed by atoms with Gasteiger partial charge in [0.15, 0.2) is 0 Å². The lowest BCUT2D eigenvalue weighted by Crippen LogP contribution is -2.50. The van der Waals surface area contributed by atoms with Crippen LogP contribution in [0.4, 0.5) is 0 Å². The largest absolute Gasteiger partial charge is 0.481 e. The fourth-order valence-electron chi connectivity index (χ4n) is 4.15. The van der Waals surface area contributed by atoms with Crippen LogP contribution in [0.5, 0.6) is 0 Å². The van der Waals surface area contributed by atoms with Crippen LogP contribution in [0.3, 0.4) is 0 Å². The molecule has 4 N–H and O–H groups in total. The van der Waals surface area contributed by atoms with Crippen molar-refractivity contribution in [1.82, 2.24) is 30.7 Å². The van der Waals surface area contributed by atoms with Gasteiger partial charge in [-0.25, -0.2) is 0 Å². The molecule has 11 nitrogen and oxygen atoms in total. The van der Waals surface area contributed by atoms with Gasteiger partial charge >= 0.3 is 5.97 Å². The van der Waals surface area contributed by atoms with Crippen LogP contribution in [0.15, 0.2) is 0 Å². The predicted octanol–water partition coefficient (Wildman–Crippen LogP) is -1.31. The van der Waals surface area contributed by atoms with Crippen molar-refractivity contribution in [2.24, 2.45) is 0 Å². The van der Waals surface area contributed by atoms with E-state index < -0.39 is 5.97 Å². The Balaban J connectivity index is 1.52. The Kier molecular flexibility index (Phi) is 12.1. The summed E-state index contributed by atoms with van der Waals surface area (Å²) in [6.07, 6.45) is 2.92. The minimum absolute atomic E-state index is 0.0113. The van der Waals surface area contributed by atoms with E-state index >= 15 is 0 Å². The molecule has 0 radical (unpaired) electrons. The number of piperazine rings is 1. The van der Waals surface area contributed by atoms with E-state index in [-0.39, 0.29) is 50.1 Å². The van der Waals surface area contributed by atoms with Crippen LogP contribution in [0.25, 0.3) is 0 Å². The van der Waals surface area contributed by atoms with Crippen molar-refractivity contribution in [3.8, 4) is 0 Å². The molecule has 1 atom stereocenters. The van der Waals surface area contributed by atoms with Gasteiger partial charge in [-0.3, -0.25) is 29.0 Å². The Bertz CT molecular complexity index is 653. The predicted molar refractivity (Wildman–Crippen MR) is 124 cm³/mol. The molecule has 2 saturated heterocycles. The third kappa shape index (κ3) is 11.4. The van der Waals surface area contributed by atoms with Crippen molar-refractivity contribution in [3.05, 3.63) is 0 Å². The van der Waals surface area contributed by atoms with Crippen LogP contribution >= 0.6 is 0 Å². The number of carbonyl (C=O) groups is 4. The monoisotopic (exact) mass is 482 g/mol. The van der Waals surface area contributed by atoms with E-state index in [0.717, 1.165) is 52.1 Å². The van der Waals surface area contributed by atoms with E-state index in [0.29, 0.717) is 25.6 Å². The average Bonchev–Trinajstić information content (AvgIpc) is 3.19. The highest BCUT2D eigenvalue weighted by Gasteiger charge is 2.28. The molecule has 0 aromatic carbocycles. The molecule has 2 aliphatic rings. The van der Waals surface area contributed by atoms with Crippen LogP contribution in [-0.2, 0) is 19.2 Å². The van der Waals surface area contributed by atoms with Gasteiger partial charge in [-0.1, -0.05) is 0 Å². The quantitative estimate of drug-likeness (QED) is 0.136. The number of hydrogen-bond acceptors (Lipinski definition) is 7. The van der Waals surface area contributed by atoms with Gasteiger partial charge in [-0.2, -0.15) is 0 Å². The summed E-state index contributed by atoms with van der Waals surface area (Å²) < 4.78 is 0. The molecule has 1 unspecified atom stereocenters. The molecule has 2 heterocycles. The number of rotatable bonds is 14. The van der Waals surface area contributed by atoms with E-state index in [4.69, 9.17) is 5.11 Å². The second-order valence-electron chi connectivity index (χ2n) is 8.92. The minimum Gasteiger partial charge on any atom is -0.481 e. The SMILES string of the molecule is CN1CCN([13CH2][13CH]2[13CH2][13CH2][13CH2]N2CC(=O)[15NH][13CH2][13CH2][13C](=O)[15NH][13CH2][13CH2][13C](=O)[15NH]CCCC(=O)O)CC1. The first-order valence-electron chi connectivity index (χ1n) is 12.0. The summed E-state index contributed by atoms with van der Waals surface area (Å²) in [4.78, 5) is 53.4. The normalized spacial score (nSPS) is 19.8. The van der Waals surface area contributed by atoms with Gasteiger partial charge in [0.25, 0.3) is 0 Å². The number of likely N-dealkylation sites (N-methyl/N-ethyl adjacent to an activating group) is 1. The van der Waals surface area contributed by atoms with Gasteiger partial charge in [-0.05, 0) is 32.9 Å². The summed E-state index contributed by atoms with van der Waals surface area (Å²) >= 11 is 0. The fraction of sp³-hybridized carbons (Fsp3) is 0.818. The highest BCUT2D eigenvalue weighted by atomic mass is 16.4. The van der Waals surface area contributed by atoms with E-state index in [1.54, 1.807) is 0 Å². The molecule has 2 rings (SSSR count). The fourth-order valence-corrected chi connectivity index (χ4v) is 4.15. The van der Waals surface area contributed by atoms with Gasteiger partial charge < -0.3 is 26.0 Å². The number of carboxylic acid groups (broad SMARTS) is 1. The molecule has 3 amide bonds. The van der Waals surface area contributed by atoms with E-state index in [1.807, 2.05) is 0 Å². The third-order valence-corrected chi connectivity index (χ3v) is 6.15. The van der Waals surface area contributed by atoms with Gasteiger partial charge in [0.2, 0.25) is 17.7 Å². The number of amides is 3. The second-order valence-corrected chi connectivity index (χ2v) is 8.92. The van der Waals surface area contributed by atoms with Crippen LogP contribution in [0.2, 0.25) is 0 Å². The maximum absolute atomic E-state index is 12.3. The average molecular weight is 482 g/mol. The van der Waals surface area contributed by atoms with Crippen molar-refractivity contribution < 1.29 is 24.3 Å². The molecular weight excluding hydrogens is 442 g/mol. The number of nitrogens with zero attached hydrogens (tertiary/aromatic N) is 3. The highest BCUT2D eigenvalue weighted by Crippen LogP contribution is 2.18. The molecule has 11 heteroatoms. The summed E-state index contributed by atoms with van der Waals surface area (Å²) in [5.74, 6) is -1.41. The third-order valence-electron chi connectivity index (χ3n) is 6.15. The zero-order valence-corrected chi connectivity index (χ0v) is 19.8. The van der Waals surface area contributed by atoms with Crippen molar-refractivity contribution in [2.75, 3.05) is 72.5 Å². The zero-order chi connectivity index (χ0) is 24.1. The van der Waals surface area contributed by atoms with E-state index in [1.165, 1.54) is 0 Å². The number of carbonyl (C=O) groups excluding carboxylic acids is 3. The Morgan fingerprint density at radius 2 is 1.42 bits per heavy atom. The molecule has 33 heavy (non-hydrogen) atoms. The topological polar surface area (TPSA) is 134 Å². The molecular formula is C22H40N6O5. The molecule has 0 saturated carbocycles. The van der Waals surface area contributed by atoms with Crippen LogP contribution < -0.4 is 16.0 Å². The summed E-state index contributed by atoms with van der Waals surface area (Å²) in [6.45, 7) is 7.42. The summed E-state index contributed by atoms with van der Waals surface area (Å²) in [5, 5.41) is 16.6. The van der Waals surface area contributed by atoms with E-state index in [9.17, 15) is 19.2 Å². The summed E-state index contributed by atoms with van der Waals surface area (Å²) in [5.41, 5.74) is 0. The second kappa shape index (κ2) is 14.8. The van der Waals surface area contributed by atoms with Crippen molar-refractivity contribution in [2.45, 2.75) is 44.6 Å². The molecule has 0 spiro atoms. The molecule has 2 aliphatic heterocycles. The Hall–Kier alpha value is -2.24. The standard InChI is InChI=1S/C22H40N6O5/c1-26-12-14-27(15-13-26)16-18-4-3-11-28(18)17-21(31)25-10-7-20(30)24-9-6-19(29)23-8-2-5-22(32)33/h18H,2-17H2,1H3,(H,23,29)(H,24,30)(H,25,31)(H,32,33)/i3+1,4+1,6+1,7+1,9+1,10+1,11+1,16+1,18+1,19+1,20+1,23+1,24+1,25+1. The van der Waals surface area contributed by atoms with Gasteiger partial charge in [0.05, 0.1) is 6.54 Å². The molecule has 0 bridgehead atoms. The first-order chi connectivity index (χ1) is 15.8. The maximum atomic E-state index is 12.3. The van der Waals surface area contributed by atoms with Crippen LogP contribution in [-0.4, -0.2) is 122 Å². The van der Waals surface area contributed by atoms with E-state index in [2.05, 4.69) is 37.7 Å². The number of aliphatic carboxylic acids is 1. The number of nitrogens with one attached hydrogen (secondary N) is 3. The first-order valence-corrected chi connectivity index (χ1v) is 12.0. The number of likely N-dealkylation sites (tertiary alicyclic amines) is 1. The lowest BCUT2D eigenvalue weighted by atomic mass is 10.3. The van der Waals surface area contributed by atoms with Crippen molar-refractivity contribution in [1.29, 1.82) is 0 Å². The Morgan fingerprint density at radius 1 is 0.818 bits per heavy atom. The van der Waals surface area contributed by atoms with Gasteiger partial charge in [0, 0.05) is 77.7 Å². The number of hydrogen-bond donors (Lipinski definition) is 4. The lowest BCUT2D eigenvalue weighted by molar-refractivity contribution is -0.137. The summed E-state index contributed by atoms with van der Waals surface area (Å²) in [7, 11) is 2.15. The Labute approximate surface area is 196 Å². The number of carboxylic acids is 1. The summed E-state index contributed by atoms with van der Waals surface area (Å²) in [6, 6.07) is 0.415. The highest BCUT2D eigenvalue weighted by molar-refractivity contribution is 5.81. The Morgan fingerprint density at radius 3 is 2.06 bits per heavy atom. The van der Waals surface area contributed by atoms with Crippen molar-refractivity contribution >= 4 is 23.7 Å². The van der Waals surface area contributed by atoms with Crippen molar-refractivity contribution in [3.63, 3.8) is 0 Å². The molecule has 0 aliphatic carbocycles. The molecule has 188 valence electrons. The minimum atomic E-state index is -0.894. The van der Waals surface area contributed by atoms with Crippen LogP contribution in [0.1, 0.15) is 38.5 Å². The first kappa shape index (κ1) is 27.0. The van der Waals surface area contributed by atoms with Crippen LogP contribution in [0, 0.1) is 0 Å².